The van der Waals surface area contributed by atoms with E-state index in [1.807, 2.05) is 0 Å². The molecule has 6 unspecified atom stereocenters. The van der Waals surface area contributed by atoms with Gasteiger partial charge in [0.05, 0.1) is 0 Å². The Morgan fingerprint density at radius 2 is 0.857 bits per heavy atom. The average Bonchev–Trinajstić information content (AvgIpc) is 2.88. The van der Waals surface area contributed by atoms with Crippen molar-refractivity contribution in [2.75, 3.05) is 0 Å². The standard InChI is InChI=1S/C26H28.2Bi.3O5P2/c1-25(2,3)17-14-15-19(23(16-17)26(4,5)6)22-13-9-12-21-18-10-7-8-11-20(18)24(21)22;;;3*1-6(2)5-7(3)4/h7-16H,1-6H3;;;;;/q;2*+3;;;. The first-order chi connectivity index (χ1) is 21.6. The third-order valence-corrected chi connectivity index (χ3v) is 9.13. The molecule has 0 N–H and O–H groups in total. The van der Waals surface area contributed by atoms with Crippen molar-refractivity contribution in [2.45, 2.75) is 52.4 Å². The number of fused-ring (bicyclic) bond motifs is 2. The van der Waals surface area contributed by atoms with Crippen molar-refractivity contribution in [1.29, 1.82) is 0 Å². The Kier molecular flexibility index (Phi) is 24.2. The second-order valence-corrected chi connectivity index (χ2v) is 15.8. The summed E-state index contributed by atoms with van der Waals surface area (Å²) in [6.07, 6.45) is 0. The van der Waals surface area contributed by atoms with Gasteiger partial charge in [-0.2, -0.15) is 0 Å². The van der Waals surface area contributed by atoms with Gasteiger partial charge in [-0.05, 0) is 81.3 Å². The fourth-order valence-corrected chi connectivity index (χ4v) is 5.50. The minimum Gasteiger partial charge on any atom is -0.563 e. The maximum Gasteiger partial charge on any atom is 3.00 e. The van der Waals surface area contributed by atoms with Crippen LogP contribution in [0.5, 0.6) is 0 Å². The van der Waals surface area contributed by atoms with Gasteiger partial charge >= 0.3 is 102 Å². The molecule has 0 aromatic heterocycles. The molecule has 0 amide bonds. The van der Waals surface area contributed by atoms with Crippen LogP contribution >= 0.6 is 49.5 Å². The Balaban J connectivity index is 0. The van der Waals surface area contributed by atoms with Crippen molar-refractivity contribution in [3.63, 3.8) is 0 Å². The van der Waals surface area contributed by atoms with E-state index in [4.69, 9.17) is 0 Å². The molecule has 15 nitrogen and oxygen atoms in total. The Bertz CT molecular complexity index is 1790. The van der Waals surface area contributed by atoms with Crippen molar-refractivity contribution in [3.8, 4) is 11.1 Å². The van der Waals surface area contributed by atoms with Gasteiger partial charge < -0.3 is 29.4 Å². The molecule has 0 saturated carbocycles. The van der Waals surface area contributed by atoms with Gasteiger partial charge in [-0.25, -0.2) is 0 Å². The fourth-order valence-electron chi connectivity index (χ4n) is 4.19. The molecule has 49 heavy (non-hydrogen) atoms. The quantitative estimate of drug-likeness (QED) is 0.190. The van der Waals surface area contributed by atoms with Crippen LogP contribution in [0.3, 0.4) is 0 Å². The SMILES string of the molecule is CC(C)(C)c1ccc(-c2cccc3c2=c2ccccc2=3)c(C(C)(C)C)c1.O=[P+]([O-])O[P+](=O)[O-].O=[P+]([O-])O[P+](=O)[O-].O=[P+]([O-])O[P+](=O)[O-].[Bi+3].[Bi+3]. The van der Waals surface area contributed by atoms with E-state index in [0.717, 1.165) is 0 Å². The van der Waals surface area contributed by atoms with Crippen LogP contribution in [-0.2, 0) is 51.2 Å². The van der Waals surface area contributed by atoms with Gasteiger partial charge in [0.1, 0.15) is 12.9 Å². The molecule has 0 aliphatic heterocycles. The predicted molar refractivity (Wildman–Crippen MR) is 171 cm³/mol. The number of rotatable bonds is 7. The first-order valence-electron chi connectivity index (χ1n) is 12.8. The first kappa shape index (κ1) is 50.8. The van der Waals surface area contributed by atoms with E-state index in [1.54, 1.807) is 0 Å². The maximum atomic E-state index is 9.24. The van der Waals surface area contributed by atoms with Gasteiger partial charge in [-0.1, -0.05) is 102 Å². The normalized spacial score (nSPS) is 12.7. The third kappa shape index (κ3) is 18.3. The van der Waals surface area contributed by atoms with Crippen LogP contribution in [0.25, 0.3) is 11.1 Å². The van der Waals surface area contributed by atoms with Gasteiger partial charge in [0, 0.05) is 0 Å². The molecule has 6 atom stereocenters. The van der Waals surface area contributed by atoms with Crippen molar-refractivity contribution < 1.29 is 69.7 Å². The molecule has 23 heteroatoms. The summed E-state index contributed by atoms with van der Waals surface area (Å²) >= 11 is 0. The summed E-state index contributed by atoms with van der Waals surface area (Å²) in [4.78, 5) is 55.4. The van der Waals surface area contributed by atoms with E-state index in [-0.39, 0.29) is 63.2 Å². The van der Waals surface area contributed by atoms with Crippen molar-refractivity contribution in [3.05, 3.63) is 92.7 Å². The molecule has 0 fully saturated rings. The number of benzene rings is 3. The van der Waals surface area contributed by atoms with E-state index >= 15 is 0 Å². The maximum absolute atomic E-state index is 9.24. The fraction of sp³-hybridized carbons (Fsp3) is 0.308. The van der Waals surface area contributed by atoms with Crippen LogP contribution in [0.1, 0.15) is 52.7 Å². The summed E-state index contributed by atoms with van der Waals surface area (Å²) in [5.74, 6) is 0. The summed E-state index contributed by atoms with van der Waals surface area (Å²) < 4.78 is 64.9. The second kappa shape index (κ2) is 23.4. The van der Waals surface area contributed by atoms with Gasteiger partial charge in [0.25, 0.3) is 0 Å². The monoisotopic (exact) mass is 1180 g/mol. The van der Waals surface area contributed by atoms with E-state index in [0.29, 0.717) is 0 Å². The number of hydrogen-bond acceptors (Lipinski definition) is 15. The van der Waals surface area contributed by atoms with Gasteiger partial charge in [-0.3, -0.25) is 0 Å². The van der Waals surface area contributed by atoms with E-state index in [1.165, 1.54) is 43.1 Å². The molecular weight excluding hydrogens is 1160 g/mol. The molecule has 4 rings (SSSR count). The molecule has 1 aliphatic rings. The Morgan fingerprint density at radius 3 is 1.20 bits per heavy atom. The topological polar surface area (TPSA) is 268 Å². The van der Waals surface area contributed by atoms with Crippen molar-refractivity contribution in [1.82, 2.24) is 0 Å². The van der Waals surface area contributed by atoms with Gasteiger partial charge in [-0.15, -0.1) is 0 Å². The molecular formula is C26H28Bi2O15P6+6. The summed E-state index contributed by atoms with van der Waals surface area (Å²) in [5.41, 5.74) is 5.84. The molecule has 4 radical (unpaired) electrons. The minimum absolute atomic E-state index is 0. The molecule has 0 saturated heterocycles. The zero-order valence-electron chi connectivity index (χ0n) is 26.5. The first-order valence-corrected chi connectivity index (χ1v) is 19.4. The minimum atomic E-state index is -3.24. The third-order valence-electron chi connectivity index (χ3n) is 5.93. The zero-order valence-corrected chi connectivity index (χ0v) is 38.8. The average molecular weight is 1180 g/mol. The molecule has 3 aromatic carbocycles. The van der Waals surface area contributed by atoms with Gasteiger partial charge in [0.2, 0.25) is 0 Å². The van der Waals surface area contributed by atoms with Crippen LogP contribution in [0, 0.1) is 20.9 Å². The number of hydrogen-bond donors (Lipinski definition) is 0. The van der Waals surface area contributed by atoms with E-state index in [9.17, 15) is 56.8 Å². The van der Waals surface area contributed by atoms with Crippen molar-refractivity contribution >= 4 is 102 Å². The molecule has 3 aromatic rings. The van der Waals surface area contributed by atoms with Crippen molar-refractivity contribution in [2.24, 2.45) is 0 Å². The summed E-state index contributed by atoms with van der Waals surface area (Å²) in [7, 11) is -19.4. The zero-order chi connectivity index (χ0) is 36.3. The molecule has 0 spiro atoms. The molecule has 1 aliphatic carbocycles. The summed E-state index contributed by atoms with van der Waals surface area (Å²) in [5, 5.41) is 5.57. The molecule has 0 bridgehead atoms. The Hall–Kier alpha value is -0.334. The van der Waals surface area contributed by atoms with E-state index < -0.39 is 49.5 Å². The largest absolute Gasteiger partial charge is 3.00 e. The smallest absolute Gasteiger partial charge is 0.563 e. The van der Waals surface area contributed by atoms with Crippen LogP contribution in [0.4, 0.5) is 0 Å². The van der Waals surface area contributed by atoms with Crippen LogP contribution in [0.2, 0.25) is 0 Å². The Morgan fingerprint density at radius 1 is 0.469 bits per heavy atom. The summed E-state index contributed by atoms with van der Waals surface area (Å²) in [6.45, 7) is 13.8. The van der Waals surface area contributed by atoms with Crippen LogP contribution < -0.4 is 29.4 Å². The van der Waals surface area contributed by atoms with Crippen LogP contribution in [-0.4, -0.2) is 52.4 Å². The predicted octanol–water partition coefficient (Wildman–Crippen LogP) is 3.19. The summed E-state index contributed by atoms with van der Waals surface area (Å²) in [6, 6.07) is 22.6. The van der Waals surface area contributed by atoms with E-state index in [2.05, 4.69) is 115 Å². The second-order valence-electron chi connectivity index (χ2n) is 11.1. The van der Waals surface area contributed by atoms with Gasteiger partial charge in [0.15, 0.2) is 0 Å². The van der Waals surface area contributed by atoms with Crippen LogP contribution in [0.15, 0.2) is 60.7 Å². The molecule has 0 heterocycles. The Labute approximate surface area is 325 Å². The molecule has 256 valence electrons.